The number of carbonyl (C=O) groups is 1. The molecule has 2 N–H and O–H groups in total. The summed E-state index contributed by atoms with van der Waals surface area (Å²) >= 11 is 0. The van der Waals surface area contributed by atoms with Crippen LogP contribution < -0.4 is 5.73 Å². The highest BCUT2D eigenvalue weighted by Crippen LogP contribution is 2.21. The van der Waals surface area contributed by atoms with Crippen LogP contribution in [0, 0.1) is 6.92 Å². The van der Waals surface area contributed by atoms with Crippen molar-refractivity contribution in [3.05, 3.63) is 35.4 Å². The molecule has 0 bridgehead atoms. The minimum absolute atomic E-state index is 0.0517. The van der Waals surface area contributed by atoms with Gasteiger partial charge in [-0.25, -0.2) is 0 Å². The van der Waals surface area contributed by atoms with E-state index in [2.05, 4.69) is 0 Å². The van der Waals surface area contributed by atoms with Gasteiger partial charge in [0, 0.05) is 6.42 Å². The first-order valence-electron chi connectivity index (χ1n) is 5.19. The highest BCUT2D eigenvalue weighted by molar-refractivity contribution is 5.86. The van der Waals surface area contributed by atoms with Gasteiger partial charge in [0.15, 0.2) is 5.78 Å². The van der Waals surface area contributed by atoms with E-state index in [1.165, 1.54) is 0 Å². The second kappa shape index (κ2) is 5.31. The van der Waals surface area contributed by atoms with Gasteiger partial charge in [-0.15, -0.1) is 0 Å². The van der Waals surface area contributed by atoms with Crippen LogP contribution in [0.1, 0.15) is 17.5 Å². The predicted molar refractivity (Wildman–Crippen MR) is 58.5 cm³/mol. The summed E-state index contributed by atoms with van der Waals surface area (Å²) in [7, 11) is 0. The SMILES string of the molecule is Cc1ccccc1CC(=O)C(N)CC(F)(F)F. The van der Waals surface area contributed by atoms with E-state index in [9.17, 15) is 18.0 Å². The monoisotopic (exact) mass is 245 g/mol. The number of ketones is 1. The van der Waals surface area contributed by atoms with Gasteiger partial charge in [-0.2, -0.15) is 13.2 Å². The van der Waals surface area contributed by atoms with Crippen LogP contribution >= 0.6 is 0 Å². The zero-order chi connectivity index (χ0) is 13.1. The van der Waals surface area contributed by atoms with Gasteiger partial charge in [-0.3, -0.25) is 4.79 Å². The fourth-order valence-electron chi connectivity index (χ4n) is 1.49. The van der Waals surface area contributed by atoms with Gasteiger partial charge in [-0.1, -0.05) is 24.3 Å². The molecule has 0 aliphatic carbocycles. The van der Waals surface area contributed by atoms with Gasteiger partial charge in [0.25, 0.3) is 0 Å². The molecule has 0 aliphatic heterocycles. The molecule has 17 heavy (non-hydrogen) atoms. The van der Waals surface area contributed by atoms with Crippen molar-refractivity contribution in [3.8, 4) is 0 Å². The van der Waals surface area contributed by atoms with E-state index in [0.29, 0.717) is 0 Å². The van der Waals surface area contributed by atoms with Crippen molar-refractivity contribution in [2.45, 2.75) is 32.0 Å². The molecule has 0 saturated heterocycles. The maximum absolute atomic E-state index is 12.1. The molecule has 0 heterocycles. The van der Waals surface area contributed by atoms with Crippen molar-refractivity contribution >= 4 is 5.78 Å². The minimum Gasteiger partial charge on any atom is -0.321 e. The van der Waals surface area contributed by atoms with Crippen LogP contribution in [-0.2, 0) is 11.2 Å². The van der Waals surface area contributed by atoms with Crippen molar-refractivity contribution < 1.29 is 18.0 Å². The second-order valence-electron chi connectivity index (χ2n) is 4.00. The van der Waals surface area contributed by atoms with Crippen molar-refractivity contribution in [2.75, 3.05) is 0 Å². The molecule has 0 fully saturated rings. The van der Waals surface area contributed by atoms with E-state index in [0.717, 1.165) is 11.1 Å². The van der Waals surface area contributed by atoms with E-state index < -0.39 is 24.4 Å². The molecule has 0 saturated carbocycles. The number of benzene rings is 1. The quantitative estimate of drug-likeness (QED) is 0.885. The highest BCUT2D eigenvalue weighted by Gasteiger charge is 2.33. The average Bonchev–Trinajstić information content (AvgIpc) is 2.18. The third kappa shape index (κ3) is 4.56. The number of hydrogen-bond acceptors (Lipinski definition) is 2. The van der Waals surface area contributed by atoms with E-state index in [-0.39, 0.29) is 6.42 Å². The normalized spacial score (nSPS) is 13.5. The Hall–Kier alpha value is -1.36. The van der Waals surface area contributed by atoms with Crippen LogP contribution in [0.4, 0.5) is 13.2 Å². The molecule has 1 unspecified atom stereocenters. The number of halogens is 3. The Morgan fingerprint density at radius 2 is 1.94 bits per heavy atom. The first kappa shape index (κ1) is 13.7. The van der Waals surface area contributed by atoms with Crippen molar-refractivity contribution in [1.29, 1.82) is 0 Å². The Kier molecular flexibility index (Phi) is 4.28. The lowest BCUT2D eigenvalue weighted by Gasteiger charge is -2.13. The lowest BCUT2D eigenvalue weighted by atomic mass is 9.99. The molecule has 94 valence electrons. The fourth-order valence-corrected chi connectivity index (χ4v) is 1.49. The molecule has 1 aromatic carbocycles. The number of rotatable bonds is 4. The summed E-state index contributed by atoms with van der Waals surface area (Å²) in [6.07, 6.45) is -5.72. The van der Waals surface area contributed by atoms with Crippen molar-refractivity contribution in [1.82, 2.24) is 0 Å². The fraction of sp³-hybridized carbons (Fsp3) is 0.417. The molecule has 0 aromatic heterocycles. The van der Waals surface area contributed by atoms with E-state index >= 15 is 0 Å². The van der Waals surface area contributed by atoms with Crippen LogP contribution in [0.25, 0.3) is 0 Å². The number of hydrogen-bond donors (Lipinski definition) is 1. The maximum Gasteiger partial charge on any atom is 0.391 e. The number of nitrogens with two attached hydrogens (primary N) is 1. The van der Waals surface area contributed by atoms with E-state index in [1.807, 2.05) is 0 Å². The highest BCUT2D eigenvalue weighted by atomic mass is 19.4. The third-order valence-corrected chi connectivity index (χ3v) is 2.49. The number of aryl methyl sites for hydroxylation is 1. The largest absolute Gasteiger partial charge is 0.391 e. The van der Waals surface area contributed by atoms with Crippen LogP contribution in [0.3, 0.4) is 0 Å². The summed E-state index contributed by atoms with van der Waals surface area (Å²) < 4.78 is 36.2. The smallest absolute Gasteiger partial charge is 0.321 e. The summed E-state index contributed by atoms with van der Waals surface area (Å²) in [6, 6.07) is 5.59. The Morgan fingerprint density at radius 3 is 2.47 bits per heavy atom. The minimum atomic E-state index is -4.40. The standard InChI is InChI=1S/C12H14F3NO/c1-8-4-2-3-5-9(8)6-11(17)10(16)7-12(13,14)15/h2-5,10H,6-7,16H2,1H3. The van der Waals surface area contributed by atoms with Crippen LogP contribution in [0.5, 0.6) is 0 Å². The number of Topliss-reactive ketones (excluding diaryl/α,β-unsaturated/α-hetero) is 1. The lowest BCUT2D eigenvalue weighted by Crippen LogP contribution is -2.36. The van der Waals surface area contributed by atoms with Crippen LogP contribution in [0.15, 0.2) is 24.3 Å². The van der Waals surface area contributed by atoms with Gasteiger partial charge in [0.2, 0.25) is 0 Å². The summed E-state index contributed by atoms with van der Waals surface area (Å²) in [5, 5.41) is 0. The van der Waals surface area contributed by atoms with Crippen molar-refractivity contribution in [2.24, 2.45) is 5.73 Å². The van der Waals surface area contributed by atoms with E-state index in [4.69, 9.17) is 5.73 Å². The molecule has 1 aromatic rings. The molecule has 5 heteroatoms. The maximum atomic E-state index is 12.1. The van der Waals surface area contributed by atoms with Gasteiger partial charge in [-0.05, 0) is 18.1 Å². The lowest BCUT2D eigenvalue weighted by molar-refractivity contribution is -0.146. The first-order valence-corrected chi connectivity index (χ1v) is 5.19. The molecule has 0 radical (unpaired) electrons. The first-order chi connectivity index (χ1) is 7.79. The van der Waals surface area contributed by atoms with Crippen LogP contribution in [0.2, 0.25) is 0 Å². The molecule has 0 aliphatic rings. The molecule has 0 spiro atoms. The summed E-state index contributed by atoms with van der Waals surface area (Å²) in [5.74, 6) is -0.586. The molecular weight excluding hydrogens is 231 g/mol. The van der Waals surface area contributed by atoms with E-state index in [1.54, 1.807) is 31.2 Å². The Balaban J connectivity index is 2.64. The molecule has 0 amide bonds. The zero-order valence-electron chi connectivity index (χ0n) is 9.42. The number of alkyl halides is 3. The topological polar surface area (TPSA) is 43.1 Å². The molecule has 1 atom stereocenters. The van der Waals surface area contributed by atoms with Gasteiger partial charge in [0.05, 0.1) is 12.5 Å². The zero-order valence-corrected chi connectivity index (χ0v) is 9.42. The molecular formula is C12H14F3NO. The van der Waals surface area contributed by atoms with Crippen molar-refractivity contribution in [3.63, 3.8) is 0 Å². The Labute approximate surface area is 97.6 Å². The predicted octanol–water partition coefficient (Wildman–Crippen LogP) is 2.39. The molecule has 2 nitrogen and oxygen atoms in total. The Morgan fingerprint density at radius 1 is 1.35 bits per heavy atom. The Bertz CT molecular complexity index is 401. The summed E-state index contributed by atoms with van der Waals surface area (Å²) in [5.41, 5.74) is 6.82. The third-order valence-electron chi connectivity index (χ3n) is 2.49. The van der Waals surface area contributed by atoms with Gasteiger partial charge < -0.3 is 5.73 Å². The molecule has 1 rings (SSSR count). The second-order valence-corrected chi connectivity index (χ2v) is 4.00. The van der Waals surface area contributed by atoms with Crippen LogP contribution in [-0.4, -0.2) is 18.0 Å². The summed E-state index contributed by atoms with van der Waals surface area (Å²) in [6.45, 7) is 1.80. The average molecular weight is 245 g/mol. The van der Waals surface area contributed by atoms with Gasteiger partial charge >= 0.3 is 6.18 Å². The summed E-state index contributed by atoms with van der Waals surface area (Å²) in [4.78, 5) is 11.5. The van der Waals surface area contributed by atoms with Gasteiger partial charge in [0.1, 0.15) is 0 Å². The number of carbonyl (C=O) groups excluding carboxylic acids is 1.